The molecular formula is C14H23BrIN3O2S. The molecule has 0 heterocycles. The Labute approximate surface area is 158 Å². The van der Waals surface area contributed by atoms with E-state index in [1.807, 2.05) is 0 Å². The number of nitrogens with zero attached hydrogens (tertiary/aromatic N) is 1. The lowest BCUT2D eigenvalue weighted by Crippen LogP contribution is -2.41. The molecule has 0 bridgehead atoms. The number of guanidine groups is 1. The third-order valence-electron chi connectivity index (χ3n) is 2.74. The van der Waals surface area contributed by atoms with Crippen molar-refractivity contribution in [1.29, 1.82) is 0 Å². The van der Waals surface area contributed by atoms with Crippen LogP contribution in [0.4, 0.5) is 0 Å². The molecule has 0 unspecified atom stereocenters. The lowest BCUT2D eigenvalue weighted by molar-refractivity contribution is 0.593. The molecule has 0 saturated carbocycles. The second kappa shape index (κ2) is 10.4. The number of nitrogens with one attached hydrogen (secondary N) is 2. The fourth-order valence-electron chi connectivity index (χ4n) is 1.58. The number of rotatable bonds is 6. The lowest BCUT2D eigenvalue weighted by atomic mass is 10.2. The average Bonchev–Trinajstić information content (AvgIpc) is 2.42. The molecule has 1 aromatic rings. The van der Waals surface area contributed by atoms with Crippen LogP contribution in [0.15, 0.2) is 38.6 Å². The van der Waals surface area contributed by atoms with Crippen molar-refractivity contribution in [2.24, 2.45) is 10.9 Å². The second-order valence-electron chi connectivity index (χ2n) is 5.05. The molecule has 22 heavy (non-hydrogen) atoms. The molecule has 0 spiro atoms. The fourth-order valence-corrected chi connectivity index (χ4v) is 3.01. The van der Waals surface area contributed by atoms with Crippen LogP contribution in [0.25, 0.3) is 0 Å². The molecule has 0 aliphatic rings. The summed E-state index contributed by atoms with van der Waals surface area (Å²) in [5, 5.41) is 6.15. The van der Waals surface area contributed by atoms with Gasteiger partial charge in [0.2, 0.25) is 0 Å². The van der Waals surface area contributed by atoms with E-state index in [0.717, 1.165) is 11.0 Å². The number of benzene rings is 1. The molecule has 2 N–H and O–H groups in total. The van der Waals surface area contributed by atoms with Gasteiger partial charge in [-0.15, -0.1) is 24.0 Å². The molecular weight excluding hydrogens is 481 g/mol. The lowest BCUT2D eigenvalue weighted by Gasteiger charge is -2.13. The summed E-state index contributed by atoms with van der Waals surface area (Å²) in [5.41, 5.74) is 0. The predicted octanol–water partition coefficient (Wildman–Crippen LogP) is 2.66. The first-order valence-corrected chi connectivity index (χ1v) is 9.22. The molecule has 8 heteroatoms. The summed E-state index contributed by atoms with van der Waals surface area (Å²) in [6.45, 7) is 5.30. The van der Waals surface area contributed by atoms with Crippen molar-refractivity contribution in [2.75, 3.05) is 25.9 Å². The van der Waals surface area contributed by atoms with E-state index >= 15 is 0 Å². The Morgan fingerprint density at radius 2 is 1.82 bits per heavy atom. The van der Waals surface area contributed by atoms with Crippen LogP contribution in [-0.4, -0.2) is 40.3 Å². The Kier molecular flexibility index (Phi) is 10.3. The summed E-state index contributed by atoms with van der Waals surface area (Å²) in [6.07, 6.45) is 0. The molecule has 126 valence electrons. The summed E-state index contributed by atoms with van der Waals surface area (Å²) in [4.78, 5) is 4.39. The number of hydrogen-bond acceptors (Lipinski definition) is 3. The molecule has 0 amide bonds. The highest BCUT2D eigenvalue weighted by Gasteiger charge is 2.14. The average molecular weight is 504 g/mol. The van der Waals surface area contributed by atoms with Crippen molar-refractivity contribution in [3.05, 3.63) is 28.7 Å². The van der Waals surface area contributed by atoms with Gasteiger partial charge in [0.05, 0.1) is 10.6 Å². The molecule has 0 aromatic heterocycles. The summed E-state index contributed by atoms with van der Waals surface area (Å²) < 4.78 is 25.2. The highest BCUT2D eigenvalue weighted by molar-refractivity contribution is 14.0. The van der Waals surface area contributed by atoms with Gasteiger partial charge in [-0.2, -0.15) is 0 Å². The summed E-state index contributed by atoms with van der Waals surface area (Å²) in [7, 11) is -1.61. The molecule has 0 saturated heterocycles. The smallest absolute Gasteiger partial charge is 0.191 e. The van der Waals surface area contributed by atoms with Crippen LogP contribution in [0, 0.1) is 5.92 Å². The number of aliphatic imine (C=N–C) groups is 1. The molecule has 0 atom stereocenters. The maximum absolute atomic E-state index is 12.2. The van der Waals surface area contributed by atoms with Gasteiger partial charge in [0, 0.05) is 24.6 Å². The Morgan fingerprint density at radius 1 is 1.23 bits per heavy atom. The van der Waals surface area contributed by atoms with Crippen LogP contribution in [0.5, 0.6) is 0 Å². The second-order valence-corrected chi connectivity index (χ2v) is 8.07. The van der Waals surface area contributed by atoms with Gasteiger partial charge in [-0.05, 0) is 30.2 Å². The maximum atomic E-state index is 12.2. The summed E-state index contributed by atoms with van der Waals surface area (Å²) in [5.74, 6) is 1.14. The Bertz CT molecular complexity index is 574. The van der Waals surface area contributed by atoms with Crippen LogP contribution >= 0.6 is 39.9 Å². The van der Waals surface area contributed by atoms with Gasteiger partial charge in [0.1, 0.15) is 0 Å². The van der Waals surface area contributed by atoms with E-state index < -0.39 is 9.84 Å². The van der Waals surface area contributed by atoms with Crippen LogP contribution in [0.3, 0.4) is 0 Å². The van der Waals surface area contributed by atoms with Gasteiger partial charge in [0.25, 0.3) is 0 Å². The van der Waals surface area contributed by atoms with Crippen LogP contribution < -0.4 is 10.6 Å². The monoisotopic (exact) mass is 503 g/mol. The maximum Gasteiger partial charge on any atom is 0.191 e. The Morgan fingerprint density at radius 3 is 2.32 bits per heavy atom. The minimum Gasteiger partial charge on any atom is -0.356 e. The zero-order chi connectivity index (χ0) is 15.9. The van der Waals surface area contributed by atoms with Crippen molar-refractivity contribution in [3.8, 4) is 0 Å². The summed E-state index contributed by atoms with van der Waals surface area (Å²) >= 11 is 3.29. The van der Waals surface area contributed by atoms with E-state index in [2.05, 4.69) is 45.4 Å². The largest absolute Gasteiger partial charge is 0.356 e. The molecule has 0 aliphatic carbocycles. The Balaban J connectivity index is 0.00000441. The number of hydrogen-bond donors (Lipinski definition) is 2. The molecule has 0 fully saturated rings. The molecule has 5 nitrogen and oxygen atoms in total. The quantitative estimate of drug-likeness (QED) is 0.355. The normalized spacial score (nSPS) is 12.0. The zero-order valence-corrected chi connectivity index (χ0v) is 17.7. The first-order valence-electron chi connectivity index (χ1n) is 6.78. The van der Waals surface area contributed by atoms with E-state index in [1.54, 1.807) is 31.3 Å². The van der Waals surface area contributed by atoms with Crippen LogP contribution in [0.1, 0.15) is 13.8 Å². The first kappa shape index (κ1) is 21.6. The van der Waals surface area contributed by atoms with Crippen LogP contribution in [-0.2, 0) is 9.84 Å². The van der Waals surface area contributed by atoms with Crippen molar-refractivity contribution >= 4 is 55.7 Å². The fraction of sp³-hybridized carbons (Fsp3) is 0.500. The number of halogens is 2. The zero-order valence-electron chi connectivity index (χ0n) is 13.0. The third kappa shape index (κ3) is 7.77. The molecule has 1 rings (SSSR count). The molecule has 0 radical (unpaired) electrons. The Hall–Kier alpha value is -0.350. The minimum atomic E-state index is -3.28. The van der Waals surface area contributed by atoms with E-state index in [-0.39, 0.29) is 29.7 Å². The SMILES string of the molecule is CN=C(NCCS(=O)(=O)c1ccc(Br)cc1)NCC(C)C.I. The first-order chi connectivity index (χ1) is 9.85. The molecule has 0 aliphatic heterocycles. The van der Waals surface area contributed by atoms with E-state index in [1.165, 1.54) is 0 Å². The molecule has 1 aromatic carbocycles. The number of sulfone groups is 1. The van der Waals surface area contributed by atoms with Crippen molar-refractivity contribution in [3.63, 3.8) is 0 Å². The highest BCUT2D eigenvalue weighted by atomic mass is 127. The highest BCUT2D eigenvalue weighted by Crippen LogP contribution is 2.15. The van der Waals surface area contributed by atoms with E-state index in [4.69, 9.17) is 0 Å². The van der Waals surface area contributed by atoms with Gasteiger partial charge in [-0.1, -0.05) is 29.8 Å². The topological polar surface area (TPSA) is 70.6 Å². The van der Waals surface area contributed by atoms with Crippen LogP contribution in [0.2, 0.25) is 0 Å². The van der Waals surface area contributed by atoms with Crippen molar-refractivity contribution in [1.82, 2.24) is 10.6 Å². The van der Waals surface area contributed by atoms with Gasteiger partial charge >= 0.3 is 0 Å². The van der Waals surface area contributed by atoms with Crippen molar-refractivity contribution < 1.29 is 8.42 Å². The predicted molar refractivity (Wildman–Crippen MR) is 106 cm³/mol. The van der Waals surface area contributed by atoms with Gasteiger partial charge in [-0.25, -0.2) is 8.42 Å². The third-order valence-corrected chi connectivity index (χ3v) is 5.00. The van der Waals surface area contributed by atoms with Gasteiger partial charge in [0.15, 0.2) is 15.8 Å². The van der Waals surface area contributed by atoms with E-state index in [9.17, 15) is 8.42 Å². The van der Waals surface area contributed by atoms with E-state index in [0.29, 0.717) is 23.3 Å². The summed E-state index contributed by atoms with van der Waals surface area (Å²) in [6, 6.07) is 6.66. The van der Waals surface area contributed by atoms with Gasteiger partial charge < -0.3 is 10.6 Å². The standard InChI is InChI=1S/C14H22BrN3O2S.HI/c1-11(2)10-18-14(16-3)17-8-9-21(19,20)13-6-4-12(15)5-7-13;/h4-7,11H,8-10H2,1-3H3,(H2,16,17,18);1H. The minimum absolute atomic E-state index is 0. The van der Waals surface area contributed by atoms with Gasteiger partial charge in [-0.3, -0.25) is 4.99 Å². The van der Waals surface area contributed by atoms with Crippen molar-refractivity contribution in [2.45, 2.75) is 18.7 Å².